The summed E-state index contributed by atoms with van der Waals surface area (Å²) in [4.78, 5) is 16.6. The van der Waals surface area contributed by atoms with E-state index in [0.29, 0.717) is 5.84 Å². The lowest BCUT2D eigenvalue weighted by molar-refractivity contribution is 0.794. The highest BCUT2D eigenvalue weighted by Gasteiger charge is 2.53. The molecule has 4 nitrogen and oxygen atoms in total. The van der Waals surface area contributed by atoms with Gasteiger partial charge in [-0.1, -0.05) is 109 Å². The van der Waals surface area contributed by atoms with Crippen LogP contribution in [0.2, 0.25) is 0 Å². The van der Waals surface area contributed by atoms with E-state index in [1.54, 1.807) is 0 Å². The van der Waals surface area contributed by atoms with E-state index in [1.165, 1.54) is 16.7 Å². The van der Waals surface area contributed by atoms with Crippen LogP contribution in [0.5, 0.6) is 0 Å². The zero-order valence-corrected chi connectivity index (χ0v) is 24.0. The van der Waals surface area contributed by atoms with Crippen molar-refractivity contribution in [2.24, 2.45) is 9.98 Å². The van der Waals surface area contributed by atoms with Crippen LogP contribution in [0.15, 0.2) is 168 Å². The van der Waals surface area contributed by atoms with Crippen molar-refractivity contribution in [3.8, 4) is 0 Å². The van der Waals surface area contributed by atoms with Crippen molar-refractivity contribution in [2.75, 3.05) is 4.90 Å². The molecule has 0 amide bonds. The van der Waals surface area contributed by atoms with Crippen molar-refractivity contribution in [3.05, 3.63) is 191 Å². The molecule has 8 rings (SSSR count). The maximum atomic E-state index is 5.37. The van der Waals surface area contributed by atoms with E-state index in [2.05, 4.69) is 137 Å². The molecule has 4 heteroatoms. The van der Waals surface area contributed by atoms with Crippen molar-refractivity contribution in [3.63, 3.8) is 0 Å². The van der Waals surface area contributed by atoms with Crippen LogP contribution in [-0.4, -0.2) is 17.5 Å². The SMILES string of the molecule is C=NC(=NC1=C(c2ccncc2)C2(c3ccccc31)c1ccccc1N(c1ccccc1)c1ccccc12)c1ccccc1. The van der Waals surface area contributed by atoms with Crippen LogP contribution in [0, 0.1) is 0 Å². The zero-order chi connectivity index (χ0) is 29.5. The van der Waals surface area contributed by atoms with Gasteiger partial charge in [0, 0.05) is 34.8 Å². The number of amidine groups is 1. The van der Waals surface area contributed by atoms with E-state index < -0.39 is 5.41 Å². The molecule has 1 aliphatic carbocycles. The van der Waals surface area contributed by atoms with Gasteiger partial charge in [-0.25, -0.2) is 9.98 Å². The summed E-state index contributed by atoms with van der Waals surface area (Å²) in [6, 6.07) is 51.1. The van der Waals surface area contributed by atoms with Crippen LogP contribution in [0.25, 0.3) is 11.3 Å². The average Bonchev–Trinajstić information content (AvgIpc) is 3.39. The molecule has 0 N–H and O–H groups in total. The third-order valence-corrected chi connectivity index (χ3v) is 8.68. The summed E-state index contributed by atoms with van der Waals surface area (Å²) in [6.45, 7) is 3.93. The highest BCUT2D eigenvalue weighted by molar-refractivity contribution is 6.13. The number of hydrogen-bond donors (Lipinski definition) is 0. The fourth-order valence-corrected chi connectivity index (χ4v) is 7.00. The normalized spacial score (nSPS) is 14.6. The molecule has 44 heavy (non-hydrogen) atoms. The van der Waals surface area contributed by atoms with Gasteiger partial charge in [-0.05, 0) is 65.4 Å². The summed E-state index contributed by atoms with van der Waals surface area (Å²) in [7, 11) is 0. The predicted molar refractivity (Wildman–Crippen MR) is 181 cm³/mol. The van der Waals surface area contributed by atoms with Gasteiger partial charge in [-0.15, -0.1) is 0 Å². The number of allylic oxidation sites excluding steroid dienone is 1. The van der Waals surface area contributed by atoms with Gasteiger partial charge in [0.05, 0.1) is 22.5 Å². The first-order chi connectivity index (χ1) is 21.8. The molecule has 0 bridgehead atoms. The Morgan fingerprint density at radius 2 is 1.14 bits per heavy atom. The first-order valence-corrected chi connectivity index (χ1v) is 14.7. The number of rotatable bonds is 4. The second kappa shape index (κ2) is 10.4. The van der Waals surface area contributed by atoms with Crippen LogP contribution in [-0.2, 0) is 5.41 Å². The minimum atomic E-state index is -0.655. The number of fused-ring (bicyclic) bond motifs is 6. The van der Waals surface area contributed by atoms with Gasteiger partial charge in [0.15, 0.2) is 5.84 Å². The molecular weight excluding hydrogens is 536 g/mol. The third kappa shape index (κ3) is 3.74. The Balaban J connectivity index is 1.54. The van der Waals surface area contributed by atoms with Crippen molar-refractivity contribution in [2.45, 2.75) is 5.41 Å². The number of anilines is 3. The maximum Gasteiger partial charge on any atom is 0.159 e. The quantitative estimate of drug-likeness (QED) is 0.158. The Kier molecular flexibility index (Phi) is 6.13. The van der Waals surface area contributed by atoms with Crippen LogP contribution in [0.3, 0.4) is 0 Å². The second-order valence-electron chi connectivity index (χ2n) is 10.9. The van der Waals surface area contributed by atoms with E-state index >= 15 is 0 Å². The number of hydrogen-bond acceptors (Lipinski definition) is 3. The molecule has 0 atom stereocenters. The second-order valence-corrected chi connectivity index (χ2v) is 10.9. The standard InChI is InChI=1S/C40H28N4/c1-41-39(29-14-4-2-5-15-29)43-38-31-18-8-9-19-32(31)40(37(38)28-24-26-42-27-25-28)33-20-10-12-22-35(33)44(30-16-6-3-7-17-30)36-23-13-11-21-34(36)40/h2-27H,1H2. The Labute approximate surface area is 257 Å². The molecule has 2 aliphatic rings. The van der Waals surface area contributed by atoms with E-state index in [0.717, 1.165) is 45.0 Å². The minimum Gasteiger partial charge on any atom is -0.310 e. The highest BCUT2D eigenvalue weighted by Crippen LogP contribution is 2.65. The summed E-state index contributed by atoms with van der Waals surface area (Å²) in [5.74, 6) is 0.585. The Hall–Kier alpha value is -5.87. The smallest absolute Gasteiger partial charge is 0.159 e. The summed E-state index contributed by atoms with van der Waals surface area (Å²) < 4.78 is 0. The van der Waals surface area contributed by atoms with E-state index in [1.807, 2.05) is 42.7 Å². The molecule has 208 valence electrons. The summed E-state index contributed by atoms with van der Waals surface area (Å²) in [5, 5.41) is 0. The number of aromatic nitrogens is 1. The van der Waals surface area contributed by atoms with Gasteiger partial charge in [0.25, 0.3) is 0 Å². The van der Waals surface area contributed by atoms with Gasteiger partial charge in [0.1, 0.15) is 0 Å². The van der Waals surface area contributed by atoms with Gasteiger partial charge in [-0.3, -0.25) is 4.98 Å². The minimum absolute atomic E-state index is 0.585. The lowest BCUT2D eigenvalue weighted by Crippen LogP contribution is -2.36. The number of pyridine rings is 1. The molecule has 0 saturated carbocycles. The number of aliphatic imine (C=N–C) groups is 2. The van der Waals surface area contributed by atoms with Crippen molar-refractivity contribution >= 4 is 40.9 Å². The summed E-state index contributed by atoms with van der Waals surface area (Å²) >= 11 is 0. The Morgan fingerprint density at radius 3 is 1.77 bits per heavy atom. The van der Waals surface area contributed by atoms with Crippen LogP contribution < -0.4 is 4.90 Å². The van der Waals surface area contributed by atoms with Gasteiger partial charge in [-0.2, -0.15) is 0 Å². The molecule has 2 heterocycles. The lowest BCUT2D eigenvalue weighted by atomic mass is 9.62. The van der Waals surface area contributed by atoms with Crippen LogP contribution in [0.4, 0.5) is 17.1 Å². The maximum absolute atomic E-state index is 5.37. The molecule has 5 aromatic carbocycles. The first-order valence-electron chi connectivity index (χ1n) is 14.7. The fourth-order valence-electron chi connectivity index (χ4n) is 7.00. The first kappa shape index (κ1) is 25.8. The van der Waals surface area contributed by atoms with Crippen LogP contribution >= 0.6 is 0 Å². The Morgan fingerprint density at radius 1 is 0.591 bits per heavy atom. The molecule has 0 unspecified atom stereocenters. The molecule has 0 saturated heterocycles. The van der Waals surface area contributed by atoms with E-state index in [4.69, 9.17) is 4.99 Å². The van der Waals surface area contributed by atoms with Gasteiger partial charge in [0.2, 0.25) is 0 Å². The average molecular weight is 565 g/mol. The fraction of sp³-hybridized carbons (Fsp3) is 0.0250. The predicted octanol–water partition coefficient (Wildman–Crippen LogP) is 9.23. The topological polar surface area (TPSA) is 40.9 Å². The number of nitrogens with zero attached hydrogens (tertiary/aromatic N) is 4. The molecule has 1 aromatic heterocycles. The molecule has 6 aromatic rings. The van der Waals surface area contributed by atoms with Gasteiger partial charge < -0.3 is 4.90 Å². The van der Waals surface area contributed by atoms with E-state index in [-0.39, 0.29) is 0 Å². The Bertz CT molecular complexity index is 2030. The molecule has 1 aliphatic heterocycles. The van der Waals surface area contributed by atoms with Crippen LogP contribution in [0.1, 0.15) is 33.4 Å². The monoisotopic (exact) mass is 564 g/mol. The zero-order valence-electron chi connectivity index (χ0n) is 24.0. The molecular formula is C40H28N4. The van der Waals surface area contributed by atoms with E-state index in [9.17, 15) is 0 Å². The largest absolute Gasteiger partial charge is 0.310 e. The highest BCUT2D eigenvalue weighted by atomic mass is 15.2. The van der Waals surface area contributed by atoms with Crippen molar-refractivity contribution < 1.29 is 0 Å². The number of benzene rings is 5. The molecule has 0 fully saturated rings. The molecule has 0 radical (unpaired) electrons. The third-order valence-electron chi connectivity index (χ3n) is 8.68. The number of para-hydroxylation sites is 3. The molecule has 1 spiro atoms. The van der Waals surface area contributed by atoms with Crippen molar-refractivity contribution in [1.82, 2.24) is 4.98 Å². The summed E-state index contributed by atoms with van der Waals surface area (Å²) in [5.41, 5.74) is 11.3. The van der Waals surface area contributed by atoms with Gasteiger partial charge >= 0.3 is 0 Å². The summed E-state index contributed by atoms with van der Waals surface area (Å²) in [6.07, 6.45) is 3.72. The van der Waals surface area contributed by atoms with Crippen molar-refractivity contribution in [1.29, 1.82) is 0 Å². The lowest BCUT2D eigenvalue weighted by Gasteiger charge is -2.45.